The number of hydrogen-bond donors (Lipinski definition) is 1. The van der Waals surface area contributed by atoms with Crippen LogP contribution in [-0.4, -0.2) is 17.5 Å². The van der Waals surface area contributed by atoms with Crippen LogP contribution < -0.4 is 0 Å². The Morgan fingerprint density at radius 1 is 0.750 bits per heavy atom. The molecule has 0 aromatic heterocycles. The Bertz CT molecular complexity index is 881. The zero-order valence-electron chi connectivity index (χ0n) is 13.1. The molecule has 3 rings (SSSR count). The smallest absolute Gasteiger partial charge is 0.193 e. The van der Waals surface area contributed by atoms with Crippen molar-refractivity contribution >= 4 is 5.78 Å². The molecular weight excluding hydrogens is 296 g/mol. The normalized spacial score (nSPS) is 9.88. The van der Waals surface area contributed by atoms with Gasteiger partial charge in [-0.15, -0.1) is 0 Å². The van der Waals surface area contributed by atoms with Crippen molar-refractivity contribution in [2.75, 3.05) is 6.61 Å². The summed E-state index contributed by atoms with van der Waals surface area (Å²) in [6.45, 7) is -0.140. The van der Waals surface area contributed by atoms with E-state index >= 15 is 0 Å². The molecule has 0 aliphatic heterocycles. The Labute approximate surface area is 141 Å². The maximum atomic E-state index is 12.4. The SMILES string of the molecule is O=C(c1ccccc1)c1ccc(-c2ccc(C#CCO)cc2)cc1. The lowest BCUT2D eigenvalue weighted by atomic mass is 9.99. The third-order valence-corrected chi connectivity index (χ3v) is 3.71. The van der Waals surface area contributed by atoms with Crippen molar-refractivity contribution in [1.29, 1.82) is 0 Å². The summed E-state index contributed by atoms with van der Waals surface area (Å²) in [5.41, 5.74) is 4.33. The molecule has 0 saturated carbocycles. The van der Waals surface area contributed by atoms with E-state index in [1.165, 1.54) is 0 Å². The molecule has 3 aromatic rings. The quantitative estimate of drug-likeness (QED) is 0.588. The summed E-state index contributed by atoms with van der Waals surface area (Å²) >= 11 is 0. The van der Waals surface area contributed by atoms with Crippen LogP contribution in [0.3, 0.4) is 0 Å². The van der Waals surface area contributed by atoms with Gasteiger partial charge in [-0.1, -0.05) is 78.6 Å². The average Bonchev–Trinajstić information content (AvgIpc) is 2.67. The van der Waals surface area contributed by atoms with E-state index in [4.69, 9.17) is 5.11 Å². The molecule has 0 atom stereocenters. The predicted molar refractivity (Wildman–Crippen MR) is 95.7 cm³/mol. The molecule has 0 aliphatic rings. The van der Waals surface area contributed by atoms with Crippen LogP contribution in [0, 0.1) is 11.8 Å². The Hall–Kier alpha value is -3.15. The molecule has 24 heavy (non-hydrogen) atoms. The van der Waals surface area contributed by atoms with Gasteiger partial charge in [0.05, 0.1) is 0 Å². The van der Waals surface area contributed by atoms with Gasteiger partial charge in [0.25, 0.3) is 0 Å². The number of rotatable bonds is 3. The zero-order chi connectivity index (χ0) is 16.8. The Balaban J connectivity index is 1.80. The highest BCUT2D eigenvalue weighted by Crippen LogP contribution is 2.21. The van der Waals surface area contributed by atoms with Crippen molar-refractivity contribution in [1.82, 2.24) is 0 Å². The van der Waals surface area contributed by atoms with Gasteiger partial charge in [0.15, 0.2) is 5.78 Å². The first-order valence-electron chi connectivity index (χ1n) is 7.68. The number of carbonyl (C=O) groups is 1. The lowest BCUT2D eigenvalue weighted by Crippen LogP contribution is -2.00. The molecule has 0 amide bonds. The Kier molecular flexibility index (Phi) is 4.86. The van der Waals surface area contributed by atoms with Crippen LogP contribution in [-0.2, 0) is 0 Å². The summed E-state index contributed by atoms with van der Waals surface area (Å²) in [7, 11) is 0. The van der Waals surface area contributed by atoms with Crippen molar-refractivity contribution in [3.8, 4) is 23.0 Å². The molecule has 0 bridgehead atoms. The number of ketones is 1. The lowest BCUT2D eigenvalue weighted by molar-refractivity contribution is 0.103. The van der Waals surface area contributed by atoms with Crippen LogP contribution in [0.5, 0.6) is 0 Å². The fourth-order valence-electron chi connectivity index (χ4n) is 2.46. The maximum absolute atomic E-state index is 12.4. The van der Waals surface area contributed by atoms with E-state index in [9.17, 15) is 4.79 Å². The third-order valence-electron chi connectivity index (χ3n) is 3.71. The van der Waals surface area contributed by atoms with Gasteiger partial charge in [0, 0.05) is 16.7 Å². The molecule has 3 aromatic carbocycles. The number of benzene rings is 3. The van der Waals surface area contributed by atoms with Crippen molar-refractivity contribution in [3.05, 3.63) is 95.6 Å². The fourth-order valence-corrected chi connectivity index (χ4v) is 2.46. The maximum Gasteiger partial charge on any atom is 0.193 e. The molecule has 0 saturated heterocycles. The first kappa shape index (κ1) is 15.7. The Morgan fingerprint density at radius 3 is 1.88 bits per heavy atom. The summed E-state index contributed by atoms with van der Waals surface area (Å²) in [6.07, 6.45) is 0. The third kappa shape index (κ3) is 3.60. The second-order valence-electron chi connectivity index (χ2n) is 5.31. The highest BCUT2D eigenvalue weighted by Gasteiger charge is 2.08. The number of carbonyl (C=O) groups excluding carboxylic acids is 1. The number of aliphatic hydroxyl groups excluding tert-OH is 1. The van der Waals surface area contributed by atoms with Gasteiger partial charge in [0.2, 0.25) is 0 Å². The van der Waals surface area contributed by atoms with Gasteiger partial charge in [0.1, 0.15) is 6.61 Å². The number of hydrogen-bond acceptors (Lipinski definition) is 2. The first-order chi connectivity index (χ1) is 11.8. The molecule has 0 spiro atoms. The summed E-state index contributed by atoms with van der Waals surface area (Å²) in [6, 6.07) is 24.7. The van der Waals surface area contributed by atoms with Crippen LogP contribution in [0.2, 0.25) is 0 Å². The molecule has 0 fully saturated rings. The van der Waals surface area contributed by atoms with Gasteiger partial charge >= 0.3 is 0 Å². The molecule has 0 aliphatic carbocycles. The van der Waals surface area contributed by atoms with Crippen LogP contribution in [0.1, 0.15) is 21.5 Å². The van der Waals surface area contributed by atoms with Crippen LogP contribution in [0.25, 0.3) is 11.1 Å². The minimum absolute atomic E-state index is 0.0248. The Morgan fingerprint density at radius 2 is 1.29 bits per heavy atom. The second kappa shape index (κ2) is 7.41. The van der Waals surface area contributed by atoms with E-state index in [-0.39, 0.29) is 12.4 Å². The predicted octanol–water partition coefficient (Wildman–Crippen LogP) is 3.93. The standard InChI is InChI=1S/C22H16O2/c23-16-4-5-17-8-10-18(11-9-17)19-12-14-21(15-13-19)22(24)20-6-2-1-3-7-20/h1-3,6-15,23H,16H2. The van der Waals surface area contributed by atoms with Gasteiger partial charge in [-0.3, -0.25) is 4.79 Å². The minimum atomic E-state index is -0.140. The molecule has 0 unspecified atom stereocenters. The first-order valence-corrected chi connectivity index (χ1v) is 7.68. The van der Waals surface area contributed by atoms with Crippen molar-refractivity contribution in [2.45, 2.75) is 0 Å². The largest absolute Gasteiger partial charge is 0.384 e. The van der Waals surface area contributed by atoms with Crippen molar-refractivity contribution in [2.24, 2.45) is 0 Å². The molecule has 1 N–H and O–H groups in total. The molecule has 2 nitrogen and oxygen atoms in total. The van der Waals surface area contributed by atoms with Gasteiger partial charge < -0.3 is 5.11 Å². The van der Waals surface area contributed by atoms with E-state index in [1.807, 2.05) is 78.9 Å². The molecular formula is C22H16O2. The summed E-state index contributed by atoms with van der Waals surface area (Å²) in [5.74, 6) is 5.52. The van der Waals surface area contributed by atoms with Gasteiger partial charge in [-0.25, -0.2) is 0 Å². The lowest BCUT2D eigenvalue weighted by Gasteiger charge is -2.05. The average molecular weight is 312 g/mol. The van der Waals surface area contributed by atoms with Crippen LogP contribution in [0.15, 0.2) is 78.9 Å². The van der Waals surface area contributed by atoms with E-state index in [2.05, 4.69) is 11.8 Å². The van der Waals surface area contributed by atoms with Crippen molar-refractivity contribution in [3.63, 3.8) is 0 Å². The van der Waals surface area contributed by atoms with E-state index in [1.54, 1.807) is 0 Å². The zero-order valence-corrected chi connectivity index (χ0v) is 13.1. The second-order valence-corrected chi connectivity index (χ2v) is 5.31. The van der Waals surface area contributed by atoms with E-state index in [0.29, 0.717) is 11.1 Å². The molecule has 2 heteroatoms. The summed E-state index contributed by atoms with van der Waals surface area (Å²) in [5, 5.41) is 8.71. The summed E-state index contributed by atoms with van der Waals surface area (Å²) in [4.78, 5) is 12.4. The highest BCUT2D eigenvalue weighted by atomic mass is 16.2. The minimum Gasteiger partial charge on any atom is -0.384 e. The van der Waals surface area contributed by atoms with Gasteiger partial charge in [-0.05, 0) is 23.3 Å². The number of aliphatic hydroxyl groups is 1. The van der Waals surface area contributed by atoms with Crippen LogP contribution in [0.4, 0.5) is 0 Å². The topological polar surface area (TPSA) is 37.3 Å². The summed E-state index contributed by atoms with van der Waals surface area (Å²) < 4.78 is 0. The van der Waals surface area contributed by atoms with Crippen LogP contribution >= 0.6 is 0 Å². The molecule has 0 radical (unpaired) electrons. The molecule has 0 heterocycles. The fraction of sp³-hybridized carbons (Fsp3) is 0.0455. The monoisotopic (exact) mass is 312 g/mol. The highest BCUT2D eigenvalue weighted by molar-refractivity contribution is 6.09. The van der Waals surface area contributed by atoms with E-state index < -0.39 is 0 Å². The van der Waals surface area contributed by atoms with Gasteiger partial charge in [-0.2, -0.15) is 0 Å². The van der Waals surface area contributed by atoms with Crippen molar-refractivity contribution < 1.29 is 9.90 Å². The van der Waals surface area contributed by atoms with E-state index in [0.717, 1.165) is 16.7 Å². The molecule has 116 valence electrons.